The van der Waals surface area contributed by atoms with Crippen molar-refractivity contribution in [1.82, 2.24) is 0 Å². The lowest BCUT2D eigenvalue weighted by atomic mass is 9.83. The Morgan fingerprint density at radius 2 is 2.12 bits per heavy atom. The summed E-state index contributed by atoms with van der Waals surface area (Å²) in [6, 6.07) is 1.94. The highest BCUT2D eigenvalue weighted by Crippen LogP contribution is 2.29. The van der Waals surface area contributed by atoms with Crippen molar-refractivity contribution in [1.29, 1.82) is 0 Å². The van der Waals surface area contributed by atoms with Crippen molar-refractivity contribution in [3.63, 3.8) is 0 Å². The fraction of sp³-hybridized carbons (Fsp3) is 0.615. The second kappa shape index (κ2) is 5.46. The van der Waals surface area contributed by atoms with Gasteiger partial charge in [0.2, 0.25) is 0 Å². The molecule has 1 nitrogen and oxygen atoms in total. The first-order chi connectivity index (χ1) is 7.29. The van der Waals surface area contributed by atoms with Crippen LogP contribution in [0.5, 0.6) is 0 Å². The van der Waals surface area contributed by atoms with Crippen molar-refractivity contribution in [3.8, 4) is 0 Å². The fourth-order valence-electron chi connectivity index (χ4n) is 2.02. The van der Waals surface area contributed by atoms with Gasteiger partial charge in [-0.3, -0.25) is 4.79 Å². The molecular formula is C13H19BrOS. The average molecular weight is 303 g/mol. The smallest absolute Gasteiger partial charge is 0.174 e. The van der Waals surface area contributed by atoms with Crippen molar-refractivity contribution in [2.24, 2.45) is 11.3 Å². The maximum atomic E-state index is 12.0. The maximum Gasteiger partial charge on any atom is 0.174 e. The van der Waals surface area contributed by atoms with Gasteiger partial charge >= 0.3 is 0 Å². The third-order valence-corrected chi connectivity index (χ3v) is 4.24. The summed E-state index contributed by atoms with van der Waals surface area (Å²) in [6.07, 6.45) is 1.73. The second-order valence-corrected chi connectivity index (χ2v) is 7.37. The fourth-order valence-corrected chi connectivity index (χ4v) is 3.56. The van der Waals surface area contributed by atoms with Crippen LogP contribution >= 0.6 is 27.3 Å². The third kappa shape index (κ3) is 4.38. The first-order valence-electron chi connectivity index (χ1n) is 5.56. The van der Waals surface area contributed by atoms with E-state index in [4.69, 9.17) is 0 Å². The lowest BCUT2D eigenvalue weighted by Crippen LogP contribution is -2.14. The summed E-state index contributed by atoms with van der Waals surface area (Å²) >= 11 is 4.93. The molecule has 1 heterocycles. The molecule has 0 saturated carbocycles. The number of Topliss-reactive ketones (excluding diaryl/α,β-unsaturated/α-hetero) is 1. The van der Waals surface area contributed by atoms with Crippen LogP contribution in [0.1, 0.15) is 50.2 Å². The average Bonchev–Trinajstić information content (AvgIpc) is 2.47. The number of halogens is 1. The lowest BCUT2D eigenvalue weighted by Gasteiger charge is -2.22. The minimum Gasteiger partial charge on any atom is -0.293 e. The van der Waals surface area contributed by atoms with Gasteiger partial charge in [0.1, 0.15) is 0 Å². The minimum absolute atomic E-state index is 0.263. The van der Waals surface area contributed by atoms with Crippen LogP contribution in [0.2, 0.25) is 0 Å². The third-order valence-electron chi connectivity index (χ3n) is 2.37. The minimum atomic E-state index is 0.263. The van der Waals surface area contributed by atoms with Gasteiger partial charge in [-0.25, -0.2) is 0 Å². The van der Waals surface area contributed by atoms with Gasteiger partial charge in [-0.15, -0.1) is 11.3 Å². The van der Waals surface area contributed by atoms with Crippen molar-refractivity contribution in [3.05, 3.63) is 20.8 Å². The van der Waals surface area contributed by atoms with Gasteiger partial charge in [-0.1, -0.05) is 27.7 Å². The molecule has 16 heavy (non-hydrogen) atoms. The summed E-state index contributed by atoms with van der Waals surface area (Å²) in [5, 5.41) is 1.95. The molecule has 0 radical (unpaired) electrons. The Morgan fingerprint density at radius 3 is 2.56 bits per heavy atom. The van der Waals surface area contributed by atoms with E-state index in [1.54, 1.807) is 0 Å². The Labute approximate surface area is 110 Å². The number of rotatable bonds is 4. The Morgan fingerprint density at radius 1 is 1.50 bits per heavy atom. The molecule has 1 atom stereocenters. The summed E-state index contributed by atoms with van der Waals surface area (Å²) in [5.41, 5.74) is 0.298. The largest absolute Gasteiger partial charge is 0.293 e. The normalized spacial score (nSPS) is 13.8. The zero-order valence-electron chi connectivity index (χ0n) is 10.3. The van der Waals surface area contributed by atoms with Crippen molar-refractivity contribution in [2.45, 2.75) is 40.5 Å². The molecule has 0 aromatic carbocycles. The number of carbonyl (C=O) groups is 1. The van der Waals surface area contributed by atoms with Crippen molar-refractivity contribution in [2.75, 3.05) is 0 Å². The van der Waals surface area contributed by atoms with E-state index in [0.29, 0.717) is 17.8 Å². The Balaban J connectivity index is 2.56. The van der Waals surface area contributed by atoms with Crippen LogP contribution in [0.25, 0.3) is 0 Å². The van der Waals surface area contributed by atoms with Gasteiger partial charge in [0, 0.05) is 10.9 Å². The molecule has 0 bridgehead atoms. The molecule has 0 amide bonds. The van der Waals surface area contributed by atoms with Crippen LogP contribution in [-0.2, 0) is 0 Å². The number of thiophene rings is 1. The van der Waals surface area contributed by atoms with Crippen LogP contribution in [0.3, 0.4) is 0 Å². The van der Waals surface area contributed by atoms with Crippen LogP contribution < -0.4 is 0 Å². The summed E-state index contributed by atoms with van der Waals surface area (Å²) in [4.78, 5) is 12.9. The standard InChI is InChI=1S/C13H19BrOS/c1-9(8-13(2,3)4)7-11(15)12-10(14)5-6-16-12/h5-6,9H,7-8H2,1-4H3. The molecule has 3 heteroatoms. The summed E-state index contributed by atoms with van der Waals surface area (Å²) < 4.78 is 0.936. The zero-order chi connectivity index (χ0) is 12.3. The molecule has 0 spiro atoms. The molecule has 1 aromatic heterocycles. The molecule has 1 unspecified atom stereocenters. The molecule has 1 aromatic rings. The molecule has 90 valence electrons. The van der Waals surface area contributed by atoms with Gasteiger partial charge < -0.3 is 0 Å². The van der Waals surface area contributed by atoms with E-state index in [1.165, 1.54) is 11.3 Å². The molecule has 1 rings (SSSR count). The first-order valence-corrected chi connectivity index (χ1v) is 7.23. The topological polar surface area (TPSA) is 17.1 Å². The Bertz CT molecular complexity index is 362. The van der Waals surface area contributed by atoms with E-state index in [1.807, 2.05) is 11.4 Å². The molecular weight excluding hydrogens is 284 g/mol. The second-order valence-electron chi connectivity index (χ2n) is 5.59. The van der Waals surface area contributed by atoms with Crippen molar-refractivity contribution >= 4 is 33.0 Å². The summed E-state index contributed by atoms with van der Waals surface area (Å²) in [5.74, 6) is 0.708. The maximum absolute atomic E-state index is 12.0. The molecule has 0 aliphatic heterocycles. The molecule has 0 aliphatic carbocycles. The predicted molar refractivity (Wildman–Crippen MR) is 74.2 cm³/mol. The predicted octanol–water partition coefficient (Wildman–Crippen LogP) is 5.16. The molecule has 0 N–H and O–H groups in total. The van der Waals surface area contributed by atoms with Crippen molar-refractivity contribution < 1.29 is 4.79 Å². The lowest BCUT2D eigenvalue weighted by molar-refractivity contribution is 0.0957. The van der Waals surface area contributed by atoms with Gasteiger partial charge in [0.15, 0.2) is 5.78 Å². The van der Waals surface area contributed by atoms with Crippen LogP contribution in [0.15, 0.2) is 15.9 Å². The quantitative estimate of drug-likeness (QED) is 0.702. The van der Waals surface area contributed by atoms with E-state index < -0.39 is 0 Å². The van der Waals surface area contributed by atoms with Crippen LogP contribution in [-0.4, -0.2) is 5.78 Å². The van der Waals surface area contributed by atoms with E-state index >= 15 is 0 Å². The van der Waals surface area contributed by atoms with E-state index in [0.717, 1.165) is 15.8 Å². The van der Waals surface area contributed by atoms with Gasteiger partial charge in [-0.2, -0.15) is 0 Å². The summed E-state index contributed by atoms with van der Waals surface area (Å²) in [6.45, 7) is 8.81. The number of hydrogen-bond acceptors (Lipinski definition) is 2. The van der Waals surface area contributed by atoms with Gasteiger partial charge in [-0.05, 0) is 45.1 Å². The highest BCUT2D eigenvalue weighted by Gasteiger charge is 2.20. The highest BCUT2D eigenvalue weighted by molar-refractivity contribution is 9.10. The highest BCUT2D eigenvalue weighted by atomic mass is 79.9. The van der Waals surface area contributed by atoms with Crippen LogP contribution in [0.4, 0.5) is 0 Å². The Hall–Kier alpha value is -0.150. The molecule has 0 aliphatic rings. The van der Waals surface area contributed by atoms with Crippen LogP contribution in [0, 0.1) is 11.3 Å². The van der Waals surface area contributed by atoms with E-state index in [2.05, 4.69) is 43.6 Å². The van der Waals surface area contributed by atoms with Gasteiger partial charge in [0.05, 0.1) is 4.88 Å². The number of carbonyl (C=O) groups excluding carboxylic acids is 1. The Kier molecular flexibility index (Phi) is 4.74. The summed E-state index contributed by atoms with van der Waals surface area (Å²) in [7, 11) is 0. The monoisotopic (exact) mass is 302 g/mol. The number of ketones is 1. The van der Waals surface area contributed by atoms with E-state index in [9.17, 15) is 4.79 Å². The SMILES string of the molecule is CC(CC(=O)c1sccc1Br)CC(C)(C)C. The van der Waals surface area contributed by atoms with E-state index in [-0.39, 0.29) is 5.78 Å². The molecule has 0 saturated heterocycles. The molecule has 0 fully saturated rings. The van der Waals surface area contributed by atoms with Gasteiger partial charge in [0.25, 0.3) is 0 Å². The first kappa shape index (κ1) is 13.9. The zero-order valence-corrected chi connectivity index (χ0v) is 12.7. The number of hydrogen-bond donors (Lipinski definition) is 0.